The molecule has 1 fully saturated rings. The molecule has 3 rings (SSSR count). The first-order valence-corrected chi connectivity index (χ1v) is 8.21. The van der Waals surface area contributed by atoms with Crippen molar-refractivity contribution >= 4 is 17.5 Å². The number of hydrogen-bond acceptors (Lipinski definition) is 5. The van der Waals surface area contributed by atoms with E-state index in [0.717, 1.165) is 61.4 Å². The summed E-state index contributed by atoms with van der Waals surface area (Å²) in [5.74, 6) is 1.61. The Morgan fingerprint density at radius 3 is 2.70 bits per heavy atom. The average molecular weight is 333 g/mol. The lowest BCUT2D eigenvalue weighted by Gasteiger charge is -2.22. The van der Waals surface area contributed by atoms with Crippen LogP contribution in [0, 0.1) is 0 Å². The van der Waals surface area contributed by atoms with Crippen molar-refractivity contribution < 1.29 is 4.74 Å². The number of anilines is 1. The molecule has 2 aromatic rings. The van der Waals surface area contributed by atoms with Crippen molar-refractivity contribution in [1.82, 2.24) is 14.9 Å². The van der Waals surface area contributed by atoms with E-state index in [1.165, 1.54) is 0 Å². The van der Waals surface area contributed by atoms with E-state index >= 15 is 0 Å². The van der Waals surface area contributed by atoms with Crippen LogP contribution in [0.1, 0.15) is 12.0 Å². The van der Waals surface area contributed by atoms with Gasteiger partial charge >= 0.3 is 0 Å². The maximum atomic E-state index is 6.36. The first-order chi connectivity index (χ1) is 11.3. The predicted octanol–water partition coefficient (Wildman–Crippen LogP) is 2.85. The minimum absolute atomic E-state index is 0.761. The third-order valence-electron chi connectivity index (χ3n) is 4.08. The first kappa shape index (κ1) is 16.0. The number of benzene rings is 1. The van der Waals surface area contributed by atoms with Crippen molar-refractivity contribution in [3.05, 3.63) is 47.2 Å². The van der Waals surface area contributed by atoms with Crippen molar-refractivity contribution in [3.8, 4) is 5.75 Å². The van der Waals surface area contributed by atoms with Gasteiger partial charge in [0.05, 0.1) is 7.11 Å². The van der Waals surface area contributed by atoms with Crippen molar-refractivity contribution in [2.45, 2.75) is 13.0 Å². The van der Waals surface area contributed by atoms with E-state index in [9.17, 15) is 0 Å². The fourth-order valence-corrected chi connectivity index (χ4v) is 3.04. The third kappa shape index (κ3) is 4.12. The molecule has 2 heterocycles. The van der Waals surface area contributed by atoms with Gasteiger partial charge in [-0.3, -0.25) is 4.90 Å². The summed E-state index contributed by atoms with van der Waals surface area (Å²) in [7, 11) is 1.65. The standard InChI is InChI=1S/C17H21ClN4O/c1-23-15-5-4-14(16(18)12-15)13-21-8-3-9-22(11-10-21)17-19-6-2-7-20-17/h2,4-7,12H,3,8-11,13H2,1H3. The molecule has 122 valence electrons. The highest BCUT2D eigenvalue weighted by Gasteiger charge is 2.17. The Morgan fingerprint density at radius 2 is 1.96 bits per heavy atom. The lowest BCUT2D eigenvalue weighted by molar-refractivity contribution is 0.285. The average Bonchev–Trinajstić information content (AvgIpc) is 2.83. The zero-order valence-corrected chi connectivity index (χ0v) is 14.0. The van der Waals surface area contributed by atoms with E-state index in [1.54, 1.807) is 19.5 Å². The molecule has 1 aromatic heterocycles. The van der Waals surface area contributed by atoms with Crippen molar-refractivity contribution in [2.75, 3.05) is 38.2 Å². The summed E-state index contributed by atoms with van der Waals surface area (Å²) < 4.78 is 5.20. The van der Waals surface area contributed by atoms with Gasteiger partial charge in [0, 0.05) is 50.1 Å². The number of rotatable bonds is 4. The third-order valence-corrected chi connectivity index (χ3v) is 4.43. The molecule has 0 aliphatic carbocycles. The van der Waals surface area contributed by atoms with E-state index in [1.807, 2.05) is 24.3 Å². The SMILES string of the molecule is COc1ccc(CN2CCCN(c3ncccn3)CC2)c(Cl)c1. The van der Waals surface area contributed by atoms with Gasteiger partial charge in [-0.25, -0.2) is 9.97 Å². The Balaban J connectivity index is 1.62. The molecule has 1 aliphatic rings. The molecule has 1 aromatic carbocycles. The molecule has 0 atom stereocenters. The predicted molar refractivity (Wildman–Crippen MR) is 92.1 cm³/mol. The monoisotopic (exact) mass is 332 g/mol. The highest BCUT2D eigenvalue weighted by Crippen LogP contribution is 2.24. The topological polar surface area (TPSA) is 41.5 Å². The fourth-order valence-electron chi connectivity index (χ4n) is 2.81. The van der Waals surface area contributed by atoms with Crippen LogP contribution in [0.2, 0.25) is 5.02 Å². The summed E-state index contributed by atoms with van der Waals surface area (Å²) in [6, 6.07) is 7.73. The molecule has 0 radical (unpaired) electrons. The van der Waals surface area contributed by atoms with Gasteiger partial charge in [-0.2, -0.15) is 0 Å². The molecule has 23 heavy (non-hydrogen) atoms. The first-order valence-electron chi connectivity index (χ1n) is 7.83. The fraction of sp³-hybridized carbons (Fsp3) is 0.412. The Hall–Kier alpha value is -1.85. The van der Waals surface area contributed by atoms with E-state index in [0.29, 0.717) is 0 Å². The van der Waals surface area contributed by atoms with Crippen molar-refractivity contribution in [3.63, 3.8) is 0 Å². The summed E-state index contributed by atoms with van der Waals surface area (Å²) in [4.78, 5) is 13.4. The van der Waals surface area contributed by atoms with Gasteiger partial charge in [-0.15, -0.1) is 0 Å². The van der Waals surface area contributed by atoms with E-state index < -0.39 is 0 Å². The number of methoxy groups -OCH3 is 1. The summed E-state index contributed by atoms with van der Waals surface area (Å²) in [6.45, 7) is 4.78. The van der Waals surface area contributed by atoms with E-state index in [4.69, 9.17) is 16.3 Å². The smallest absolute Gasteiger partial charge is 0.225 e. The van der Waals surface area contributed by atoms with Gasteiger partial charge in [0.1, 0.15) is 5.75 Å². The second-order valence-electron chi connectivity index (χ2n) is 5.62. The lowest BCUT2D eigenvalue weighted by atomic mass is 10.2. The largest absolute Gasteiger partial charge is 0.497 e. The molecule has 1 aliphatic heterocycles. The molecule has 0 amide bonds. The van der Waals surface area contributed by atoms with Gasteiger partial charge in [0.2, 0.25) is 5.95 Å². The molecule has 0 spiro atoms. The minimum Gasteiger partial charge on any atom is -0.497 e. The number of nitrogens with zero attached hydrogens (tertiary/aromatic N) is 4. The number of ether oxygens (including phenoxy) is 1. The van der Waals surface area contributed by atoms with Gasteiger partial charge in [0.25, 0.3) is 0 Å². The highest BCUT2D eigenvalue weighted by atomic mass is 35.5. The zero-order valence-electron chi connectivity index (χ0n) is 13.3. The molecule has 5 nitrogen and oxygen atoms in total. The van der Waals surface area contributed by atoms with Crippen LogP contribution in [0.25, 0.3) is 0 Å². The molecule has 6 heteroatoms. The van der Waals surface area contributed by atoms with Crippen LogP contribution in [0.4, 0.5) is 5.95 Å². The van der Waals surface area contributed by atoms with Crippen molar-refractivity contribution in [1.29, 1.82) is 0 Å². The molecule has 0 unspecified atom stereocenters. The molecule has 0 bridgehead atoms. The van der Waals surface area contributed by atoms with Crippen LogP contribution in [0.15, 0.2) is 36.7 Å². The minimum atomic E-state index is 0.761. The van der Waals surface area contributed by atoms with Crippen LogP contribution >= 0.6 is 11.6 Å². The molecule has 0 saturated carbocycles. The normalized spacial score (nSPS) is 16.2. The Kier molecular flexibility index (Phi) is 5.31. The Labute approximate surface area is 141 Å². The van der Waals surface area contributed by atoms with Crippen LogP contribution in [0.5, 0.6) is 5.75 Å². The van der Waals surface area contributed by atoms with Crippen LogP contribution in [0.3, 0.4) is 0 Å². The Morgan fingerprint density at radius 1 is 1.13 bits per heavy atom. The maximum Gasteiger partial charge on any atom is 0.225 e. The van der Waals surface area contributed by atoms with Gasteiger partial charge in [-0.05, 0) is 30.2 Å². The van der Waals surface area contributed by atoms with Gasteiger partial charge in [0.15, 0.2) is 0 Å². The Bertz CT molecular complexity index is 638. The van der Waals surface area contributed by atoms with Crippen LogP contribution < -0.4 is 9.64 Å². The van der Waals surface area contributed by atoms with Gasteiger partial charge < -0.3 is 9.64 Å². The summed E-state index contributed by atoms with van der Waals surface area (Å²) >= 11 is 6.36. The summed E-state index contributed by atoms with van der Waals surface area (Å²) in [5.41, 5.74) is 1.14. The van der Waals surface area contributed by atoms with E-state index in [2.05, 4.69) is 19.8 Å². The second kappa shape index (κ2) is 7.62. The lowest BCUT2D eigenvalue weighted by Crippen LogP contribution is -2.31. The molecule has 1 saturated heterocycles. The summed E-state index contributed by atoms with van der Waals surface area (Å²) in [6.07, 6.45) is 4.68. The van der Waals surface area contributed by atoms with Gasteiger partial charge in [-0.1, -0.05) is 17.7 Å². The number of halogens is 1. The van der Waals surface area contributed by atoms with Crippen LogP contribution in [-0.2, 0) is 6.54 Å². The highest BCUT2D eigenvalue weighted by molar-refractivity contribution is 6.31. The quantitative estimate of drug-likeness (QED) is 0.861. The van der Waals surface area contributed by atoms with Crippen LogP contribution in [-0.4, -0.2) is 48.2 Å². The molecular formula is C17H21ClN4O. The number of aromatic nitrogens is 2. The molecular weight excluding hydrogens is 312 g/mol. The van der Waals surface area contributed by atoms with Crippen molar-refractivity contribution in [2.24, 2.45) is 0 Å². The maximum absolute atomic E-state index is 6.36. The molecule has 0 N–H and O–H groups in total. The van der Waals surface area contributed by atoms with E-state index in [-0.39, 0.29) is 0 Å². The number of hydrogen-bond donors (Lipinski definition) is 0. The second-order valence-corrected chi connectivity index (χ2v) is 6.03. The zero-order chi connectivity index (χ0) is 16.1. The summed E-state index contributed by atoms with van der Waals surface area (Å²) in [5, 5.41) is 0.761.